The van der Waals surface area contributed by atoms with Crippen molar-refractivity contribution in [2.24, 2.45) is 11.8 Å². The number of hydrogen-bond acceptors (Lipinski definition) is 4. The molecule has 3 aliphatic carbocycles. The first-order chi connectivity index (χ1) is 18.0. The van der Waals surface area contributed by atoms with Gasteiger partial charge in [0.25, 0.3) is 5.91 Å². The van der Waals surface area contributed by atoms with Gasteiger partial charge < -0.3 is 19.7 Å². The van der Waals surface area contributed by atoms with Gasteiger partial charge >= 0.3 is 5.97 Å². The SMILES string of the molecule is COC(=O)C1CC(NC(=O)c2cc(-c3cc(C(C)(C)C)cc(C4(O)CC4)c3)n(CC3CCCCC3)c2C)C1. The lowest BCUT2D eigenvalue weighted by atomic mass is 9.80. The molecule has 6 heteroatoms. The predicted molar refractivity (Wildman–Crippen MR) is 149 cm³/mol. The van der Waals surface area contributed by atoms with E-state index in [4.69, 9.17) is 4.74 Å². The third-order valence-corrected chi connectivity index (χ3v) is 9.14. The molecule has 206 valence electrons. The van der Waals surface area contributed by atoms with Crippen molar-refractivity contribution in [1.29, 1.82) is 0 Å². The zero-order valence-electron chi connectivity index (χ0n) is 23.7. The Morgan fingerprint density at radius 1 is 1.08 bits per heavy atom. The van der Waals surface area contributed by atoms with E-state index in [2.05, 4.69) is 55.8 Å². The summed E-state index contributed by atoms with van der Waals surface area (Å²) < 4.78 is 7.20. The van der Waals surface area contributed by atoms with E-state index in [0.29, 0.717) is 24.3 Å². The summed E-state index contributed by atoms with van der Waals surface area (Å²) in [4.78, 5) is 25.3. The number of ether oxygens (including phenoxy) is 1. The minimum Gasteiger partial charge on any atom is -0.469 e. The van der Waals surface area contributed by atoms with E-state index in [1.165, 1.54) is 44.8 Å². The molecule has 0 radical (unpaired) electrons. The van der Waals surface area contributed by atoms with Crippen molar-refractivity contribution in [1.82, 2.24) is 9.88 Å². The number of methoxy groups -OCH3 is 1. The van der Waals surface area contributed by atoms with Crippen molar-refractivity contribution in [2.75, 3.05) is 7.11 Å². The van der Waals surface area contributed by atoms with Crippen LogP contribution in [0.2, 0.25) is 0 Å². The number of carbonyl (C=O) groups excluding carboxylic acids is 2. The van der Waals surface area contributed by atoms with Crippen LogP contribution in [-0.2, 0) is 27.1 Å². The fourth-order valence-electron chi connectivity index (χ4n) is 6.22. The predicted octanol–water partition coefficient (Wildman–Crippen LogP) is 6.00. The lowest BCUT2D eigenvalue weighted by Crippen LogP contribution is -2.47. The van der Waals surface area contributed by atoms with Crippen LogP contribution in [0.1, 0.15) is 106 Å². The molecular formula is C32H44N2O4. The maximum Gasteiger partial charge on any atom is 0.308 e. The van der Waals surface area contributed by atoms with Crippen LogP contribution in [0, 0.1) is 18.8 Å². The summed E-state index contributed by atoms with van der Waals surface area (Å²) in [5, 5.41) is 14.2. The van der Waals surface area contributed by atoms with Crippen molar-refractivity contribution < 1.29 is 19.4 Å². The fourth-order valence-corrected chi connectivity index (χ4v) is 6.22. The molecule has 1 aromatic carbocycles. The monoisotopic (exact) mass is 520 g/mol. The first-order valence-corrected chi connectivity index (χ1v) is 14.5. The molecule has 0 spiro atoms. The normalized spacial score (nSPS) is 23.0. The van der Waals surface area contributed by atoms with Crippen LogP contribution in [0.15, 0.2) is 24.3 Å². The first kappa shape index (κ1) is 27.0. The van der Waals surface area contributed by atoms with Crippen molar-refractivity contribution in [3.05, 3.63) is 46.6 Å². The number of esters is 1. The number of hydrogen-bond donors (Lipinski definition) is 2. The summed E-state index contributed by atoms with van der Waals surface area (Å²) in [7, 11) is 1.41. The van der Waals surface area contributed by atoms with Crippen LogP contribution in [-0.4, -0.2) is 34.7 Å². The van der Waals surface area contributed by atoms with Crippen LogP contribution >= 0.6 is 0 Å². The number of nitrogens with zero attached hydrogens (tertiary/aromatic N) is 1. The summed E-state index contributed by atoms with van der Waals surface area (Å²) in [6.45, 7) is 9.58. The minimum absolute atomic E-state index is 0.00363. The maximum absolute atomic E-state index is 13.5. The van der Waals surface area contributed by atoms with Gasteiger partial charge in [-0.1, -0.05) is 46.1 Å². The van der Waals surface area contributed by atoms with Crippen LogP contribution < -0.4 is 5.32 Å². The van der Waals surface area contributed by atoms with Gasteiger partial charge in [0, 0.05) is 24.0 Å². The molecule has 0 unspecified atom stereocenters. The van der Waals surface area contributed by atoms with Gasteiger partial charge in [-0.3, -0.25) is 9.59 Å². The number of aromatic nitrogens is 1. The number of benzene rings is 1. The number of rotatable bonds is 7. The second kappa shape index (κ2) is 10.2. The van der Waals surface area contributed by atoms with Gasteiger partial charge in [-0.25, -0.2) is 0 Å². The van der Waals surface area contributed by atoms with Gasteiger partial charge in [-0.05, 0) is 91.7 Å². The summed E-state index contributed by atoms with van der Waals surface area (Å²) in [5.74, 6) is 0.214. The molecule has 1 heterocycles. The Kier molecular flexibility index (Phi) is 7.23. The maximum atomic E-state index is 13.5. The van der Waals surface area contributed by atoms with Gasteiger partial charge in [-0.15, -0.1) is 0 Å². The molecule has 0 bridgehead atoms. The van der Waals surface area contributed by atoms with Crippen LogP contribution in [0.5, 0.6) is 0 Å². The number of amides is 1. The Balaban J connectivity index is 1.50. The molecule has 3 aliphatic rings. The Bertz CT molecular complexity index is 1180. The molecule has 2 aromatic rings. The van der Waals surface area contributed by atoms with Gasteiger partial charge in [0.1, 0.15) is 0 Å². The van der Waals surface area contributed by atoms with E-state index in [1.807, 2.05) is 6.07 Å². The lowest BCUT2D eigenvalue weighted by molar-refractivity contribution is -0.149. The molecule has 1 aromatic heterocycles. The highest BCUT2D eigenvalue weighted by molar-refractivity contribution is 5.97. The minimum atomic E-state index is -0.730. The van der Waals surface area contributed by atoms with Crippen molar-refractivity contribution in [3.63, 3.8) is 0 Å². The second-order valence-electron chi connectivity index (χ2n) is 13.1. The molecule has 0 atom stereocenters. The van der Waals surface area contributed by atoms with Gasteiger partial charge in [0.15, 0.2) is 0 Å². The van der Waals surface area contributed by atoms with Crippen LogP contribution in [0.25, 0.3) is 11.3 Å². The van der Waals surface area contributed by atoms with Crippen LogP contribution in [0.4, 0.5) is 0 Å². The Hall–Kier alpha value is -2.60. The first-order valence-electron chi connectivity index (χ1n) is 14.5. The molecule has 5 rings (SSSR count). The topological polar surface area (TPSA) is 80.6 Å². The fraction of sp³-hybridized carbons (Fsp3) is 0.625. The molecule has 3 saturated carbocycles. The summed E-state index contributed by atoms with van der Waals surface area (Å²) in [5.41, 5.74) is 5.19. The number of carbonyl (C=O) groups is 2. The average Bonchev–Trinajstić information content (AvgIpc) is 3.54. The third kappa shape index (κ3) is 5.42. The van der Waals surface area contributed by atoms with E-state index in [1.54, 1.807) is 0 Å². The van der Waals surface area contributed by atoms with Crippen molar-refractivity contribution >= 4 is 11.9 Å². The second-order valence-corrected chi connectivity index (χ2v) is 13.1. The number of aliphatic hydroxyl groups is 1. The van der Waals surface area contributed by atoms with Gasteiger partial charge in [0.05, 0.1) is 24.2 Å². The summed E-state index contributed by atoms with van der Waals surface area (Å²) in [6, 6.07) is 8.60. The standard InChI is InChI=1S/C32H44N2O4/c1-20-27(29(35)33-26-15-23(16-26)30(36)38-5)18-28(34(20)19-21-9-7-6-8-10-21)22-13-24(31(2,3)4)17-25(14-22)32(37)11-12-32/h13-14,17-18,21,23,26,37H,6-12,15-16,19H2,1-5H3,(H,33,35). The quantitative estimate of drug-likeness (QED) is 0.439. The molecule has 38 heavy (non-hydrogen) atoms. The zero-order valence-corrected chi connectivity index (χ0v) is 23.7. The molecule has 0 saturated heterocycles. The smallest absolute Gasteiger partial charge is 0.308 e. The molecule has 2 N–H and O–H groups in total. The van der Waals surface area contributed by atoms with E-state index in [0.717, 1.165) is 41.9 Å². The van der Waals surface area contributed by atoms with Gasteiger partial charge in [0.2, 0.25) is 0 Å². The highest BCUT2D eigenvalue weighted by Gasteiger charge is 2.43. The third-order valence-electron chi connectivity index (χ3n) is 9.14. The molecule has 6 nitrogen and oxygen atoms in total. The number of nitrogens with one attached hydrogen (secondary N) is 1. The van der Waals surface area contributed by atoms with Crippen molar-refractivity contribution in [3.8, 4) is 11.3 Å². The van der Waals surface area contributed by atoms with E-state index >= 15 is 0 Å². The molecule has 0 aliphatic heterocycles. The van der Waals surface area contributed by atoms with E-state index in [9.17, 15) is 14.7 Å². The largest absolute Gasteiger partial charge is 0.469 e. The summed E-state index contributed by atoms with van der Waals surface area (Å²) in [6.07, 6.45) is 9.15. The molecule has 1 amide bonds. The highest BCUT2D eigenvalue weighted by Crippen LogP contribution is 2.47. The van der Waals surface area contributed by atoms with E-state index < -0.39 is 5.60 Å². The molecular weight excluding hydrogens is 476 g/mol. The average molecular weight is 521 g/mol. The highest BCUT2D eigenvalue weighted by atomic mass is 16.5. The molecule has 3 fully saturated rings. The van der Waals surface area contributed by atoms with Crippen LogP contribution in [0.3, 0.4) is 0 Å². The Morgan fingerprint density at radius 2 is 1.76 bits per heavy atom. The van der Waals surface area contributed by atoms with Crippen molar-refractivity contribution in [2.45, 2.75) is 109 Å². The van der Waals surface area contributed by atoms with Gasteiger partial charge in [-0.2, -0.15) is 0 Å². The summed E-state index contributed by atoms with van der Waals surface area (Å²) >= 11 is 0. The Labute approximate surface area is 227 Å². The Morgan fingerprint density at radius 3 is 2.37 bits per heavy atom. The zero-order chi connectivity index (χ0) is 27.2. The lowest BCUT2D eigenvalue weighted by Gasteiger charge is -2.33. The van der Waals surface area contributed by atoms with E-state index in [-0.39, 0.29) is 29.3 Å².